The monoisotopic (exact) mass is 552 g/mol. The molecule has 2 atom stereocenters. The topological polar surface area (TPSA) is 0 Å². The molecule has 2 aromatic rings. The highest BCUT2D eigenvalue weighted by atomic mass is 14.4. The van der Waals surface area contributed by atoms with E-state index in [1.54, 1.807) is 0 Å². The van der Waals surface area contributed by atoms with E-state index in [1.807, 2.05) is 0 Å². The van der Waals surface area contributed by atoms with Crippen LogP contribution in [0, 0.1) is 12.8 Å². The second-order valence-corrected chi connectivity index (χ2v) is 12.7. The molecule has 2 unspecified atom stereocenters. The number of fused-ring (bicyclic) bond motifs is 1. The lowest BCUT2D eigenvalue weighted by Gasteiger charge is -2.35. The largest absolute Gasteiger partial charge is 0.0955 e. The number of rotatable bonds is 9. The molecule has 0 radical (unpaired) electrons. The van der Waals surface area contributed by atoms with Gasteiger partial charge in [0.25, 0.3) is 0 Å². The molecule has 0 heteroatoms. The fourth-order valence-corrected chi connectivity index (χ4v) is 7.49. The molecule has 0 nitrogen and oxygen atoms in total. The summed E-state index contributed by atoms with van der Waals surface area (Å²) < 4.78 is 0. The summed E-state index contributed by atoms with van der Waals surface area (Å²) in [7, 11) is 0. The van der Waals surface area contributed by atoms with Gasteiger partial charge in [0, 0.05) is 11.8 Å². The second kappa shape index (κ2) is 12.3. The third-order valence-electron chi connectivity index (χ3n) is 9.57. The number of benzene rings is 2. The van der Waals surface area contributed by atoms with Crippen molar-refractivity contribution in [3.05, 3.63) is 153 Å². The van der Waals surface area contributed by atoms with Crippen LogP contribution in [-0.2, 0) is 12.8 Å². The Hall–Kier alpha value is -3.64. The van der Waals surface area contributed by atoms with Crippen molar-refractivity contribution in [1.29, 1.82) is 0 Å². The fraction of sp³-hybridized carbons (Fsp3) is 0.333. The number of hydrogen-bond acceptors (Lipinski definition) is 0. The molecule has 0 heterocycles. The van der Waals surface area contributed by atoms with Gasteiger partial charge < -0.3 is 0 Å². The normalized spacial score (nSPS) is 21.0. The highest BCUT2D eigenvalue weighted by Crippen LogP contribution is 2.55. The summed E-state index contributed by atoms with van der Waals surface area (Å²) in [5.41, 5.74) is 20.4. The first-order valence-corrected chi connectivity index (χ1v) is 15.9. The Labute approximate surface area is 255 Å². The van der Waals surface area contributed by atoms with Crippen molar-refractivity contribution < 1.29 is 0 Å². The Morgan fingerprint density at radius 1 is 0.905 bits per heavy atom. The minimum absolute atomic E-state index is 0.274. The minimum atomic E-state index is 0.274. The summed E-state index contributed by atoms with van der Waals surface area (Å²) in [6.07, 6.45) is 15.7. The van der Waals surface area contributed by atoms with Crippen molar-refractivity contribution in [3.63, 3.8) is 0 Å². The van der Waals surface area contributed by atoms with Crippen LogP contribution in [-0.4, -0.2) is 0 Å². The van der Waals surface area contributed by atoms with Gasteiger partial charge in [-0.15, -0.1) is 0 Å². The lowest BCUT2D eigenvalue weighted by Crippen LogP contribution is -2.21. The van der Waals surface area contributed by atoms with Gasteiger partial charge in [-0.1, -0.05) is 130 Å². The van der Waals surface area contributed by atoms with Crippen LogP contribution in [0.15, 0.2) is 119 Å². The average Bonchev–Trinajstić information content (AvgIpc) is 3.55. The molecule has 2 aromatic carbocycles. The molecule has 0 saturated heterocycles. The van der Waals surface area contributed by atoms with Crippen molar-refractivity contribution in [1.82, 2.24) is 0 Å². The third kappa shape index (κ3) is 5.57. The SMILES string of the molecule is C=C(CCC)C1=C(C)C=C2CC(=CC3=CC=C(c4ccc(C)cc4C(=C)C)C3)C(=C)C2C1c1ccc(CC)c(CC)c1. The first-order chi connectivity index (χ1) is 20.2. The van der Waals surface area contributed by atoms with Gasteiger partial charge in [0.1, 0.15) is 0 Å². The Morgan fingerprint density at radius 2 is 1.67 bits per heavy atom. The molecule has 1 fully saturated rings. The summed E-state index contributed by atoms with van der Waals surface area (Å²) in [6.45, 7) is 27.0. The molecule has 0 amide bonds. The lowest BCUT2D eigenvalue weighted by atomic mass is 9.68. The maximum Gasteiger partial charge on any atom is 0.0201 e. The van der Waals surface area contributed by atoms with Crippen LogP contribution < -0.4 is 0 Å². The van der Waals surface area contributed by atoms with Gasteiger partial charge in [0.15, 0.2) is 0 Å². The lowest BCUT2D eigenvalue weighted by molar-refractivity contribution is 0.618. The van der Waals surface area contributed by atoms with Crippen molar-refractivity contribution in [2.45, 2.75) is 86.0 Å². The predicted octanol–water partition coefficient (Wildman–Crippen LogP) is 11.8. The molecule has 216 valence electrons. The van der Waals surface area contributed by atoms with E-state index in [-0.39, 0.29) is 5.92 Å². The van der Waals surface area contributed by atoms with E-state index >= 15 is 0 Å². The van der Waals surface area contributed by atoms with Gasteiger partial charge in [-0.2, -0.15) is 0 Å². The molecular weight excluding hydrogens is 504 g/mol. The molecule has 1 saturated carbocycles. The zero-order chi connectivity index (χ0) is 30.1. The second-order valence-electron chi connectivity index (χ2n) is 12.7. The number of allylic oxidation sites excluding steroid dienone is 13. The van der Waals surface area contributed by atoms with Crippen molar-refractivity contribution in [2.75, 3.05) is 0 Å². The Kier molecular flexibility index (Phi) is 8.74. The van der Waals surface area contributed by atoms with Crippen LogP contribution in [0.4, 0.5) is 0 Å². The van der Waals surface area contributed by atoms with Gasteiger partial charge in [-0.05, 0) is 114 Å². The summed E-state index contributed by atoms with van der Waals surface area (Å²) in [5.74, 6) is 0.567. The average molecular weight is 553 g/mol. The Balaban J connectivity index is 1.48. The minimum Gasteiger partial charge on any atom is -0.0955 e. The quantitative estimate of drug-likeness (QED) is 0.290. The first-order valence-electron chi connectivity index (χ1n) is 15.9. The third-order valence-corrected chi connectivity index (χ3v) is 9.57. The number of aryl methyl sites for hydroxylation is 3. The molecule has 0 aliphatic heterocycles. The highest BCUT2D eigenvalue weighted by molar-refractivity contribution is 5.82. The van der Waals surface area contributed by atoms with Gasteiger partial charge in [0.05, 0.1) is 0 Å². The van der Waals surface area contributed by atoms with Crippen molar-refractivity contribution in [2.24, 2.45) is 5.92 Å². The maximum absolute atomic E-state index is 4.79. The van der Waals surface area contributed by atoms with Crippen molar-refractivity contribution >= 4 is 11.1 Å². The fourth-order valence-electron chi connectivity index (χ4n) is 7.49. The number of hydrogen-bond donors (Lipinski definition) is 0. The van der Waals surface area contributed by atoms with Crippen LogP contribution in [0.3, 0.4) is 0 Å². The molecule has 0 N–H and O–H groups in total. The van der Waals surface area contributed by atoms with E-state index in [4.69, 9.17) is 6.58 Å². The molecule has 0 bridgehead atoms. The molecule has 0 spiro atoms. The van der Waals surface area contributed by atoms with E-state index in [0.717, 1.165) is 44.1 Å². The zero-order valence-corrected chi connectivity index (χ0v) is 26.8. The van der Waals surface area contributed by atoms with Gasteiger partial charge in [0.2, 0.25) is 0 Å². The molecule has 0 aromatic heterocycles. The zero-order valence-electron chi connectivity index (χ0n) is 26.8. The van der Waals surface area contributed by atoms with E-state index in [2.05, 4.69) is 115 Å². The summed E-state index contributed by atoms with van der Waals surface area (Å²) in [4.78, 5) is 0. The highest BCUT2D eigenvalue weighted by Gasteiger charge is 2.41. The molecule has 3 aliphatic carbocycles. The smallest absolute Gasteiger partial charge is 0.0201 e. The van der Waals surface area contributed by atoms with E-state index in [0.29, 0.717) is 5.92 Å². The summed E-state index contributed by atoms with van der Waals surface area (Å²) in [5, 5.41) is 0. The van der Waals surface area contributed by atoms with E-state index in [9.17, 15) is 0 Å². The van der Waals surface area contributed by atoms with Crippen LogP contribution in [0.1, 0.15) is 99.6 Å². The maximum atomic E-state index is 4.79. The Bertz CT molecular complexity index is 1620. The predicted molar refractivity (Wildman–Crippen MR) is 185 cm³/mol. The molecule has 42 heavy (non-hydrogen) atoms. The van der Waals surface area contributed by atoms with Crippen LogP contribution in [0.25, 0.3) is 11.1 Å². The van der Waals surface area contributed by atoms with Crippen LogP contribution in [0.2, 0.25) is 0 Å². The van der Waals surface area contributed by atoms with Crippen molar-refractivity contribution in [3.8, 4) is 0 Å². The first kappa shape index (κ1) is 29.8. The molecule has 5 rings (SSSR count). The van der Waals surface area contributed by atoms with E-state index in [1.165, 1.54) is 78.0 Å². The summed E-state index contributed by atoms with van der Waals surface area (Å²) in [6, 6.07) is 14.0. The van der Waals surface area contributed by atoms with Crippen LogP contribution in [0.5, 0.6) is 0 Å². The molecular formula is C42H48. The van der Waals surface area contributed by atoms with Gasteiger partial charge in [-0.3, -0.25) is 0 Å². The standard InChI is InChI=1S/C42H48/c1-10-13-28(7)40-29(8)21-37-25-36(30(9)41(37)42(40)35-18-17-32(11-2)33(12-3)24-35)23-31-15-16-34(22-31)38-19-14-27(6)20-39(38)26(4)5/h14-21,23-24,41-42H,4,7,9-13,22,25H2,1-3,5-6,8H3. The Morgan fingerprint density at radius 3 is 2.36 bits per heavy atom. The molecule has 3 aliphatic rings. The van der Waals surface area contributed by atoms with Crippen LogP contribution >= 0.6 is 0 Å². The van der Waals surface area contributed by atoms with Gasteiger partial charge >= 0.3 is 0 Å². The summed E-state index contributed by atoms with van der Waals surface area (Å²) >= 11 is 0. The van der Waals surface area contributed by atoms with Gasteiger partial charge in [-0.25, -0.2) is 0 Å². The van der Waals surface area contributed by atoms with E-state index < -0.39 is 0 Å².